The van der Waals surface area contributed by atoms with Gasteiger partial charge in [-0.3, -0.25) is 9.59 Å². The Labute approximate surface area is 144 Å². The molecule has 0 unspecified atom stereocenters. The maximum Gasteiger partial charge on any atom is 0.255 e. The minimum atomic E-state index is -0.183. The Morgan fingerprint density at radius 3 is 2.70 bits per heavy atom. The van der Waals surface area contributed by atoms with Crippen molar-refractivity contribution in [1.29, 1.82) is 0 Å². The lowest BCUT2D eigenvalue weighted by Crippen LogP contribution is -2.11. The molecule has 0 atom stereocenters. The van der Waals surface area contributed by atoms with E-state index in [0.29, 0.717) is 16.4 Å². The summed E-state index contributed by atoms with van der Waals surface area (Å²) in [6.07, 6.45) is 0. The quantitative estimate of drug-likeness (QED) is 0.702. The Bertz CT molecular complexity index is 907. The highest BCUT2D eigenvalue weighted by molar-refractivity contribution is 9.10. The number of thiazole rings is 1. The van der Waals surface area contributed by atoms with Crippen LogP contribution >= 0.6 is 27.3 Å². The molecule has 0 spiro atoms. The van der Waals surface area contributed by atoms with Gasteiger partial charge >= 0.3 is 0 Å². The second-order valence-electron chi connectivity index (χ2n) is 4.85. The van der Waals surface area contributed by atoms with Crippen LogP contribution in [0.4, 0.5) is 10.8 Å². The summed E-state index contributed by atoms with van der Waals surface area (Å²) in [5.74, 6) is -0.343. The Morgan fingerprint density at radius 2 is 1.96 bits per heavy atom. The van der Waals surface area contributed by atoms with Crippen LogP contribution in [0.15, 0.2) is 46.9 Å². The van der Waals surface area contributed by atoms with E-state index in [1.54, 1.807) is 18.2 Å². The van der Waals surface area contributed by atoms with Gasteiger partial charge in [-0.15, -0.1) is 0 Å². The molecular formula is C16H12BrN3O2S. The van der Waals surface area contributed by atoms with E-state index in [2.05, 4.69) is 31.5 Å². The van der Waals surface area contributed by atoms with Gasteiger partial charge in [0.25, 0.3) is 5.91 Å². The average Bonchev–Trinajstić information content (AvgIpc) is 2.87. The molecule has 3 aromatic rings. The molecule has 1 aromatic heterocycles. The molecule has 2 amide bonds. The van der Waals surface area contributed by atoms with Crippen LogP contribution < -0.4 is 10.6 Å². The minimum Gasteiger partial charge on any atom is -0.322 e. The predicted octanol–water partition coefficient (Wildman–Crippen LogP) is 4.27. The molecule has 23 heavy (non-hydrogen) atoms. The van der Waals surface area contributed by atoms with Gasteiger partial charge in [0, 0.05) is 22.6 Å². The fraction of sp³-hybridized carbons (Fsp3) is 0.0625. The number of amides is 2. The number of rotatable bonds is 3. The summed E-state index contributed by atoms with van der Waals surface area (Å²) in [4.78, 5) is 27.6. The molecule has 3 rings (SSSR count). The van der Waals surface area contributed by atoms with Crippen LogP contribution in [-0.2, 0) is 4.79 Å². The van der Waals surface area contributed by atoms with Crippen LogP contribution in [0.25, 0.3) is 10.2 Å². The van der Waals surface area contributed by atoms with Crippen LogP contribution in [-0.4, -0.2) is 16.8 Å². The van der Waals surface area contributed by atoms with Crippen molar-refractivity contribution in [1.82, 2.24) is 4.98 Å². The van der Waals surface area contributed by atoms with E-state index in [0.717, 1.165) is 14.7 Å². The molecule has 0 aliphatic carbocycles. The lowest BCUT2D eigenvalue weighted by molar-refractivity contribution is -0.114. The number of anilines is 2. The lowest BCUT2D eigenvalue weighted by atomic mass is 10.2. The smallest absolute Gasteiger partial charge is 0.255 e. The van der Waals surface area contributed by atoms with E-state index in [1.807, 2.05) is 24.3 Å². The van der Waals surface area contributed by atoms with Gasteiger partial charge in [0.1, 0.15) is 0 Å². The molecule has 0 saturated heterocycles. The van der Waals surface area contributed by atoms with Gasteiger partial charge in [-0.05, 0) is 36.4 Å². The minimum absolute atomic E-state index is 0.160. The normalized spacial score (nSPS) is 10.5. The monoisotopic (exact) mass is 389 g/mol. The molecule has 0 bridgehead atoms. The zero-order valence-electron chi connectivity index (χ0n) is 12.1. The third-order valence-electron chi connectivity index (χ3n) is 3.02. The first-order chi connectivity index (χ1) is 11.0. The van der Waals surface area contributed by atoms with Crippen molar-refractivity contribution in [3.63, 3.8) is 0 Å². The summed E-state index contributed by atoms with van der Waals surface area (Å²) >= 11 is 4.71. The van der Waals surface area contributed by atoms with Crippen LogP contribution in [0.3, 0.4) is 0 Å². The van der Waals surface area contributed by atoms with Crippen LogP contribution in [0, 0.1) is 0 Å². The Kier molecular flexibility index (Phi) is 4.40. The number of hydrogen-bond acceptors (Lipinski definition) is 4. The van der Waals surface area contributed by atoms with Crippen molar-refractivity contribution >= 4 is 60.1 Å². The van der Waals surface area contributed by atoms with Crippen LogP contribution in [0.1, 0.15) is 17.3 Å². The average molecular weight is 390 g/mol. The Hall–Kier alpha value is -2.25. The third kappa shape index (κ3) is 3.75. The first-order valence-electron chi connectivity index (χ1n) is 6.76. The van der Waals surface area contributed by atoms with Crippen LogP contribution in [0.5, 0.6) is 0 Å². The highest BCUT2D eigenvalue weighted by atomic mass is 79.9. The van der Waals surface area contributed by atoms with Crippen molar-refractivity contribution in [2.75, 3.05) is 10.6 Å². The SMILES string of the molecule is CC(=O)Nc1nc2ccc(NC(=O)c3cccc(Br)c3)cc2s1. The van der Waals surface area contributed by atoms with Gasteiger partial charge < -0.3 is 10.6 Å². The maximum atomic E-state index is 12.3. The highest BCUT2D eigenvalue weighted by Gasteiger charge is 2.09. The standard InChI is InChI=1S/C16H12BrN3O2S/c1-9(21)18-16-20-13-6-5-12(8-14(13)23-16)19-15(22)10-3-2-4-11(17)7-10/h2-8H,1H3,(H,19,22)(H,18,20,21). The highest BCUT2D eigenvalue weighted by Crippen LogP contribution is 2.28. The zero-order chi connectivity index (χ0) is 16.4. The summed E-state index contributed by atoms with van der Waals surface area (Å²) in [5, 5.41) is 6.07. The van der Waals surface area contributed by atoms with Crippen molar-refractivity contribution in [3.8, 4) is 0 Å². The van der Waals surface area contributed by atoms with E-state index in [4.69, 9.17) is 0 Å². The van der Waals surface area contributed by atoms with Gasteiger partial charge in [-0.1, -0.05) is 33.3 Å². The molecule has 2 N–H and O–H groups in total. The number of halogens is 1. The third-order valence-corrected chi connectivity index (χ3v) is 4.44. The molecule has 116 valence electrons. The molecule has 1 heterocycles. The van der Waals surface area contributed by atoms with Crippen molar-refractivity contribution in [2.45, 2.75) is 6.92 Å². The second kappa shape index (κ2) is 6.47. The van der Waals surface area contributed by atoms with Crippen molar-refractivity contribution < 1.29 is 9.59 Å². The number of nitrogens with one attached hydrogen (secondary N) is 2. The molecule has 2 aromatic carbocycles. The summed E-state index contributed by atoms with van der Waals surface area (Å²) in [7, 11) is 0. The largest absolute Gasteiger partial charge is 0.322 e. The molecule has 7 heteroatoms. The Morgan fingerprint density at radius 1 is 1.13 bits per heavy atom. The van der Waals surface area contributed by atoms with Gasteiger partial charge in [0.15, 0.2) is 5.13 Å². The summed E-state index contributed by atoms with van der Waals surface area (Å²) in [5.41, 5.74) is 2.03. The Balaban J connectivity index is 1.82. The number of carbonyl (C=O) groups excluding carboxylic acids is 2. The summed E-state index contributed by atoms with van der Waals surface area (Å²) in [6.45, 7) is 1.44. The predicted molar refractivity (Wildman–Crippen MR) is 96.0 cm³/mol. The first kappa shape index (κ1) is 15.6. The molecular weight excluding hydrogens is 378 g/mol. The van der Waals surface area contributed by atoms with E-state index in [-0.39, 0.29) is 11.8 Å². The number of benzene rings is 2. The first-order valence-corrected chi connectivity index (χ1v) is 8.37. The number of hydrogen-bond donors (Lipinski definition) is 2. The molecule has 0 aliphatic rings. The molecule has 0 radical (unpaired) electrons. The fourth-order valence-corrected chi connectivity index (χ4v) is 3.39. The number of carbonyl (C=O) groups is 2. The number of fused-ring (bicyclic) bond motifs is 1. The molecule has 0 aliphatic heterocycles. The van der Waals surface area contributed by atoms with Gasteiger partial charge in [0.2, 0.25) is 5.91 Å². The van der Waals surface area contributed by atoms with E-state index in [9.17, 15) is 9.59 Å². The number of nitrogens with zero attached hydrogens (tertiary/aromatic N) is 1. The maximum absolute atomic E-state index is 12.3. The number of aromatic nitrogens is 1. The van der Waals surface area contributed by atoms with Gasteiger partial charge in [-0.25, -0.2) is 4.98 Å². The fourth-order valence-electron chi connectivity index (χ4n) is 2.04. The van der Waals surface area contributed by atoms with E-state index >= 15 is 0 Å². The molecule has 5 nitrogen and oxygen atoms in total. The lowest BCUT2D eigenvalue weighted by Gasteiger charge is -2.05. The topological polar surface area (TPSA) is 71.1 Å². The molecule has 0 fully saturated rings. The summed E-state index contributed by atoms with van der Waals surface area (Å²) < 4.78 is 1.74. The second-order valence-corrected chi connectivity index (χ2v) is 6.79. The van der Waals surface area contributed by atoms with Crippen molar-refractivity contribution in [3.05, 3.63) is 52.5 Å². The van der Waals surface area contributed by atoms with E-state index < -0.39 is 0 Å². The van der Waals surface area contributed by atoms with Gasteiger partial charge in [-0.2, -0.15) is 0 Å². The van der Waals surface area contributed by atoms with Gasteiger partial charge in [0.05, 0.1) is 10.2 Å². The van der Waals surface area contributed by atoms with E-state index in [1.165, 1.54) is 18.3 Å². The molecule has 0 saturated carbocycles. The van der Waals surface area contributed by atoms with Crippen LogP contribution in [0.2, 0.25) is 0 Å². The summed E-state index contributed by atoms with van der Waals surface area (Å²) in [6, 6.07) is 12.6. The van der Waals surface area contributed by atoms with Crippen molar-refractivity contribution in [2.24, 2.45) is 0 Å². The zero-order valence-corrected chi connectivity index (χ0v) is 14.5.